The van der Waals surface area contributed by atoms with Gasteiger partial charge in [0.2, 0.25) is 5.91 Å². The highest BCUT2D eigenvalue weighted by atomic mass is 32.1. The SMILES string of the molecule is CCCNC(=O)CCN=C(NCC)N1CCN(c2cccs2)CC1. The Bertz CT molecular complexity index is 509. The third kappa shape index (κ3) is 5.70. The Balaban J connectivity index is 1.82. The van der Waals surface area contributed by atoms with Gasteiger partial charge in [-0.2, -0.15) is 0 Å². The number of hydrogen-bond donors (Lipinski definition) is 2. The van der Waals surface area contributed by atoms with Crippen LogP contribution in [0.4, 0.5) is 5.00 Å². The molecule has 0 radical (unpaired) electrons. The van der Waals surface area contributed by atoms with Crippen LogP contribution in [0.25, 0.3) is 0 Å². The van der Waals surface area contributed by atoms with Crippen LogP contribution in [0, 0.1) is 0 Å². The summed E-state index contributed by atoms with van der Waals surface area (Å²) < 4.78 is 0. The second-order valence-corrected chi connectivity index (χ2v) is 6.69. The van der Waals surface area contributed by atoms with Gasteiger partial charge in [-0.25, -0.2) is 0 Å². The smallest absolute Gasteiger partial charge is 0.221 e. The zero-order valence-corrected chi connectivity index (χ0v) is 15.6. The quantitative estimate of drug-likeness (QED) is 0.580. The summed E-state index contributed by atoms with van der Waals surface area (Å²) in [6.07, 6.45) is 1.41. The summed E-state index contributed by atoms with van der Waals surface area (Å²) in [7, 11) is 0. The van der Waals surface area contributed by atoms with Crippen LogP contribution in [0.1, 0.15) is 26.7 Å². The van der Waals surface area contributed by atoms with Crippen molar-refractivity contribution in [2.24, 2.45) is 4.99 Å². The minimum atomic E-state index is 0.0824. The number of aliphatic imine (C=N–C) groups is 1. The summed E-state index contributed by atoms with van der Waals surface area (Å²) >= 11 is 1.79. The summed E-state index contributed by atoms with van der Waals surface area (Å²) in [4.78, 5) is 21.0. The van der Waals surface area contributed by atoms with Gasteiger partial charge in [-0.3, -0.25) is 9.79 Å². The number of thiophene rings is 1. The second-order valence-electron chi connectivity index (χ2n) is 5.76. The van der Waals surface area contributed by atoms with Gasteiger partial charge in [0.1, 0.15) is 0 Å². The first-order valence-electron chi connectivity index (χ1n) is 8.83. The van der Waals surface area contributed by atoms with Crippen molar-refractivity contribution in [3.05, 3.63) is 17.5 Å². The van der Waals surface area contributed by atoms with Crippen molar-refractivity contribution in [2.45, 2.75) is 26.7 Å². The van der Waals surface area contributed by atoms with Crippen LogP contribution in [0.5, 0.6) is 0 Å². The summed E-state index contributed by atoms with van der Waals surface area (Å²) in [5.74, 6) is 1.01. The summed E-state index contributed by atoms with van der Waals surface area (Å²) in [5.41, 5.74) is 0. The number of anilines is 1. The number of nitrogens with one attached hydrogen (secondary N) is 2. The predicted molar refractivity (Wildman–Crippen MR) is 102 cm³/mol. The number of nitrogens with zero attached hydrogens (tertiary/aromatic N) is 3. The van der Waals surface area contributed by atoms with E-state index >= 15 is 0 Å². The maximum absolute atomic E-state index is 11.7. The van der Waals surface area contributed by atoms with E-state index in [0.29, 0.717) is 13.0 Å². The fraction of sp³-hybridized carbons (Fsp3) is 0.647. The second kappa shape index (κ2) is 10.2. The van der Waals surface area contributed by atoms with Crippen LogP contribution in [-0.4, -0.2) is 62.6 Å². The number of piperazine rings is 1. The Labute approximate surface area is 148 Å². The zero-order chi connectivity index (χ0) is 17.2. The van der Waals surface area contributed by atoms with Crippen LogP contribution < -0.4 is 15.5 Å². The highest BCUT2D eigenvalue weighted by molar-refractivity contribution is 7.14. The Morgan fingerprint density at radius 1 is 1.25 bits per heavy atom. The molecule has 1 aromatic rings. The first-order chi connectivity index (χ1) is 11.7. The maximum Gasteiger partial charge on any atom is 0.221 e. The van der Waals surface area contributed by atoms with Crippen molar-refractivity contribution in [3.8, 4) is 0 Å². The van der Waals surface area contributed by atoms with Crippen LogP contribution >= 0.6 is 11.3 Å². The molecular formula is C17H29N5OS. The lowest BCUT2D eigenvalue weighted by atomic mass is 10.3. The van der Waals surface area contributed by atoms with Crippen LogP contribution in [0.2, 0.25) is 0 Å². The van der Waals surface area contributed by atoms with Crippen LogP contribution in [0.15, 0.2) is 22.5 Å². The Morgan fingerprint density at radius 2 is 2.04 bits per heavy atom. The molecule has 2 N–H and O–H groups in total. The number of rotatable bonds is 7. The van der Waals surface area contributed by atoms with Gasteiger partial charge in [-0.05, 0) is 30.9 Å². The maximum atomic E-state index is 11.7. The first kappa shape index (κ1) is 18.6. The minimum Gasteiger partial charge on any atom is -0.360 e. The topological polar surface area (TPSA) is 60.0 Å². The van der Waals surface area contributed by atoms with Crippen molar-refractivity contribution >= 4 is 28.2 Å². The Morgan fingerprint density at radius 3 is 2.67 bits per heavy atom. The average Bonchev–Trinajstić information content (AvgIpc) is 3.14. The number of carbonyl (C=O) groups excluding carboxylic acids is 1. The fourth-order valence-corrected chi connectivity index (χ4v) is 3.42. The van der Waals surface area contributed by atoms with Crippen LogP contribution in [0.3, 0.4) is 0 Å². The summed E-state index contributed by atoms with van der Waals surface area (Å²) in [6.45, 7) is 10.1. The number of hydrogen-bond acceptors (Lipinski definition) is 4. The van der Waals surface area contributed by atoms with E-state index < -0.39 is 0 Å². The van der Waals surface area contributed by atoms with Crippen LogP contribution in [-0.2, 0) is 4.79 Å². The van der Waals surface area contributed by atoms with Crippen molar-refractivity contribution in [1.82, 2.24) is 15.5 Å². The van der Waals surface area contributed by atoms with E-state index in [1.807, 2.05) is 0 Å². The molecule has 6 nitrogen and oxygen atoms in total. The molecule has 24 heavy (non-hydrogen) atoms. The molecule has 1 saturated heterocycles. The molecule has 0 atom stereocenters. The van der Waals surface area contributed by atoms with Crippen molar-refractivity contribution in [2.75, 3.05) is 50.7 Å². The van der Waals surface area contributed by atoms with Gasteiger partial charge >= 0.3 is 0 Å². The molecule has 0 saturated carbocycles. The van der Waals surface area contributed by atoms with E-state index in [-0.39, 0.29) is 5.91 Å². The van der Waals surface area contributed by atoms with E-state index in [1.165, 1.54) is 5.00 Å². The molecule has 1 aliphatic heterocycles. The molecule has 0 unspecified atom stereocenters. The molecule has 1 fully saturated rings. The van der Waals surface area contributed by atoms with E-state index in [0.717, 1.165) is 51.6 Å². The van der Waals surface area contributed by atoms with E-state index in [2.05, 4.69) is 56.8 Å². The summed E-state index contributed by atoms with van der Waals surface area (Å²) in [6, 6.07) is 4.27. The molecule has 0 spiro atoms. The lowest BCUT2D eigenvalue weighted by Gasteiger charge is -2.37. The largest absolute Gasteiger partial charge is 0.360 e. The molecule has 0 bridgehead atoms. The van der Waals surface area contributed by atoms with Gasteiger partial charge in [-0.1, -0.05) is 6.92 Å². The third-order valence-electron chi connectivity index (χ3n) is 3.90. The van der Waals surface area contributed by atoms with Gasteiger partial charge in [-0.15, -0.1) is 11.3 Å². The van der Waals surface area contributed by atoms with Gasteiger partial charge < -0.3 is 20.4 Å². The fourth-order valence-electron chi connectivity index (χ4n) is 2.63. The summed E-state index contributed by atoms with van der Waals surface area (Å²) in [5, 5.41) is 9.70. The van der Waals surface area contributed by atoms with Gasteiger partial charge in [0.05, 0.1) is 11.5 Å². The van der Waals surface area contributed by atoms with E-state index in [4.69, 9.17) is 0 Å². The number of amides is 1. The molecule has 0 aromatic carbocycles. The normalized spacial score (nSPS) is 15.5. The monoisotopic (exact) mass is 351 g/mol. The molecule has 0 aliphatic carbocycles. The zero-order valence-electron chi connectivity index (χ0n) is 14.8. The van der Waals surface area contributed by atoms with Gasteiger partial charge in [0.15, 0.2) is 5.96 Å². The lowest BCUT2D eigenvalue weighted by Crippen LogP contribution is -2.52. The Kier molecular flexibility index (Phi) is 7.88. The Hall–Kier alpha value is -1.76. The predicted octanol–water partition coefficient (Wildman–Crippen LogP) is 1.75. The van der Waals surface area contributed by atoms with E-state index in [9.17, 15) is 4.79 Å². The minimum absolute atomic E-state index is 0.0824. The third-order valence-corrected chi connectivity index (χ3v) is 4.83. The highest BCUT2D eigenvalue weighted by Crippen LogP contribution is 2.22. The molecular weight excluding hydrogens is 322 g/mol. The molecule has 2 heterocycles. The molecule has 134 valence electrons. The molecule has 2 rings (SSSR count). The molecule has 1 aliphatic rings. The number of guanidine groups is 1. The molecule has 1 amide bonds. The van der Waals surface area contributed by atoms with Crippen molar-refractivity contribution in [1.29, 1.82) is 0 Å². The van der Waals surface area contributed by atoms with Crippen molar-refractivity contribution in [3.63, 3.8) is 0 Å². The molecule has 1 aromatic heterocycles. The standard InChI is InChI=1S/C17H29N5OS/c1-3-8-19-15(23)7-9-20-17(18-4-2)22-12-10-21(11-13-22)16-6-5-14-24-16/h5-6,14H,3-4,7-13H2,1-2H3,(H,18,20)(H,19,23). The van der Waals surface area contributed by atoms with Gasteiger partial charge in [0, 0.05) is 45.7 Å². The van der Waals surface area contributed by atoms with Crippen molar-refractivity contribution < 1.29 is 4.79 Å². The average molecular weight is 352 g/mol. The van der Waals surface area contributed by atoms with E-state index in [1.54, 1.807) is 11.3 Å². The lowest BCUT2D eigenvalue weighted by molar-refractivity contribution is -0.120. The number of carbonyl (C=O) groups is 1. The molecule has 7 heteroatoms. The highest BCUT2D eigenvalue weighted by Gasteiger charge is 2.20. The first-order valence-corrected chi connectivity index (χ1v) is 9.71. The van der Waals surface area contributed by atoms with Gasteiger partial charge in [0.25, 0.3) is 0 Å².